The summed E-state index contributed by atoms with van der Waals surface area (Å²) in [4.78, 5) is 14.0. The molecule has 1 saturated heterocycles. The molecule has 0 spiro atoms. The average molecular weight is 264 g/mol. The number of hydrogen-bond donors (Lipinski definition) is 1. The van der Waals surface area contributed by atoms with E-state index in [1.54, 1.807) is 7.11 Å². The summed E-state index contributed by atoms with van der Waals surface area (Å²) < 4.78 is 10.3. The topological polar surface area (TPSA) is 50.8 Å². The molecule has 104 valence electrons. The van der Waals surface area contributed by atoms with Gasteiger partial charge in [0.2, 0.25) is 0 Å². The van der Waals surface area contributed by atoms with Crippen LogP contribution in [0.15, 0.2) is 30.3 Å². The maximum atomic E-state index is 11.8. The molecule has 1 fully saturated rings. The van der Waals surface area contributed by atoms with E-state index in [2.05, 4.69) is 22.3 Å². The van der Waals surface area contributed by atoms with Crippen molar-refractivity contribution in [1.82, 2.24) is 10.2 Å². The maximum Gasteiger partial charge on any atom is 0.252 e. The number of ether oxygens (including phenoxy) is 2. The fourth-order valence-corrected chi connectivity index (χ4v) is 2.10. The Hall–Kier alpha value is -1.43. The average Bonchev–Trinajstić information content (AvgIpc) is 2.46. The summed E-state index contributed by atoms with van der Waals surface area (Å²) in [5.41, 5.74) is 1.25. The van der Waals surface area contributed by atoms with Crippen molar-refractivity contribution in [3.05, 3.63) is 35.9 Å². The van der Waals surface area contributed by atoms with E-state index < -0.39 is 6.10 Å². The Labute approximate surface area is 113 Å². The summed E-state index contributed by atoms with van der Waals surface area (Å²) in [6.07, 6.45) is -0.410. The zero-order valence-electron chi connectivity index (χ0n) is 11.2. The van der Waals surface area contributed by atoms with Gasteiger partial charge in [0.15, 0.2) is 0 Å². The standard InChI is InChI=1S/C14H20N2O3/c1-18-11-15-14(17)13-10-16(7-8-19-13)9-12-5-3-2-4-6-12/h2-6,13H,7-11H2,1H3,(H,15,17). The third kappa shape index (κ3) is 4.31. The first-order valence-corrected chi connectivity index (χ1v) is 6.44. The minimum atomic E-state index is -0.410. The number of benzene rings is 1. The SMILES string of the molecule is COCNC(=O)C1CN(Cc2ccccc2)CCO1. The van der Waals surface area contributed by atoms with Gasteiger partial charge in [0.1, 0.15) is 12.8 Å². The molecule has 1 atom stereocenters. The van der Waals surface area contributed by atoms with Crippen LogP contribution >= 0.6 is 0 Å². The lowest BCUT2D eigenvalue weighted by Gasteiger charge is -2.32. The van der Waals surface area contributed by atoms with Crippen LogP contribution in [-0.2, 0) is 20.8 Å². The summed E-state index contributed by atoms with van der Waals surface area (Å²) in [6, 6.07) is 10.2. The molecular weight excluding hydrogens is 244 g/mol. The Balaban J connectivity index is 1.85. The van der Waals surface area contributed by atoms with Crippen molar-refractivity contribution in [3.8, 4) is 0 Å². The van der Waals surface area contributed by atoms with Crippen LogP contribution in [0.2, 0.25) is 0 Å². The van der Waals surface area contributed by atoms with Crippen LogP contribution in [0.5, 0.6) is 0 Å². The van der Waals surface area contributed by atoms with Crippen molar-refractivity contribution in [2.45, 2.75) is 12.6 Å². The number of hydrogen-bond acceptors (Lipinski definition) is 4. The number of carbonyl (C=O) groups is 1. The third-order valence-electron chi connectivity index (χ3n) is 3.08. The Morgan fingerprint density at radius 1 is 1.47 bits per heavy atom. The highest BCUT2D eigenvalue weighted by Gasteiger charge is 2.26. The smallest absolute Gasteiger partial charge is 0.252 e. The molecule has 1 unspecified atom stereocenters. The molecule has 1 N–H and O–H groups in total. The molecule has 0 saturated carbocycles. The summed E-state index contributed by atoms with van der Waals surface area (Å²) in [6.45, 7) is 3.11. The number of nitrogens with zero attached hydrogens (tertiary/aromatic N) is 1. The molecule has 1 aliphatic heterocycles. The Bertz CT molecular complexity index is 397. The molecule has 0 aromatic heterocycles. The first kappa shape index (κ1) is 14.0. The minimum Gasteiger partial charge on any atom is -0.366 e. The zero-order chi connectivity index (χ0) is 13.5. The van der Waals surface area contributed by atoms with E-state index >= 15 is 0 Å². The van der Waals surface area contributed by atoms with Crippen LogP contribution in [0.3, 0.4) is 0 Å². The number of carbonyl (C=O) groups excluding carboxylic acids is 1. The van der Waals surface area contributed by atoms with Gasteiger partial charge in [-0.3, -0.25) is 9.69 Å². The highest BCUT2D eigenvalue weighted by atomic mass is 16.5. The molecule has 1 amide bonds. The van der Waals surface area contributed by atoms with Crippen LogP contribution in [-0.4, -0.2) is 50.4 Å². The normalized spacial score (nSPS) is 20.2. The quantitative estimate of drug-likeness (QED) is 0.792. The summed E-state index contributed by atoms with van der Waals surface area (Å²) in [5.74, 6) is -0.111. The van der Waals surface area contributed by atoms with E-state index in [0.717, 1.165) is 13.1 Å². The Morgan fingerprint density at radius 3 is 3.00 bits per heavy atom. The van der Waals surface area contributed by atoms with Gasteiger partial charge in [0.05, 0.1) is 6.61 Å². The van der Waals surface area contributed by atoms with Crippen molar-refractivity contribution in [2.75, 3.05) is 33.5 Å². The van der Waals surface area contributed by atoms with Gasteiger partial charge in [-0.25, -0.2) is 0 Å². The molecule has 0 aliphatic carbocycles. The molecule has 1 aliphatic rings. The van der Waals surface area contributed by atoms with Crippen molar-refractivity contribution < 1.29 is 14.3 Å². The molecule has 1 aromatic carbocycles. The number of methoxy groups -OCH3 is 1. The molecular formula is C14H20N2O3. The molecule has 1 heterocycles. The van der Waals surface area contributed by atoms with Crippen molar-refractivity contribution >= 4 is 5.91 Å². The molecule has 0 radical (unpaired) electrons. The second kappa shape index (κ2) is 7.23. The van der Waals surface area contributed by atoms with E-state index in [4.69, 9.17) is 9.47 Å². The number of rotatable bonds is 5. The van der Waals surface area contributed by atoms with Crippen LogP contribution in [0.4, 0.5) is 0 Å². The highest BCUT2D eigenvalue weighted by molar-refractivity contribution is 5.81. The van der Waals surface area contributed by atoms with Gasteiger partial charge in [-0.1, -0.05) is 30.3 Å². The lowest BCUT2D eigenvalue weighted by Crippen LogP contribution is -2.49. The fraction of sp³-hybridized carbons (Fsp3) is 0.500. The van der Waals surface area contributed by atoms with Gasteiger partial charge >= 0.3 is 0 Å². The van der Waals surface area contributed by atoms with Crippen LogP contribution < -0.4 is 5.32 Å². The third-order valence-corrected chi connectivity index (χ3v) is 3.08. The van der Waals surface area contributed by atoms with Crippen molar-refractivity contribution in [2.24, 2.45) is 0 Å². The van der Waals surface area contributed by atoms with Gasteiger partial charge in [0, 0.05) is 26.7 Å². The monoisotopic (exact) mass is 264 g/mol. The van der Waals surface area contributed by atoms with Gasteiger partial charge in [-0.15, -0.1) is 0 Å². The summed E-state index contributed by atoms with van der Waals surface area (Å²) >= 11 is 0. The van der Waals surface area contributed by atoms with Crippen LogP contribution in [0.25, 0.3) is 0 Å². The fourth-order valence-electron chi connectivity index (χ4n) is 2.10. The molecule has 2 rings (SSSR count). The van der Waals surface area contributed by atoms with Gasteiger partial charge < -0.3 is 14.8 Å². The molecule has 5 heteroatoms. The van der Waals surface area contributed by atoms with Crippen molar-refractivity contribution in [3.63, 3.8) is 0 Å². The van der Waals surface area contributed by atoms with Gasteiger partial charge in [-0.2, -0.15) is 0 Å². The Kier molecular flexibility index (Phi) is 5.32. The highest BCUT2D eigenvalue weighted by Crippen LogP contribution is 2.10. The van der Waals surface area contributed by atoms with E-state index in [1.165, 1.54) is 5.56 Å². The largest absolute Gasteiger partial charge is 0.366 e. The van der Waals surface area contributed by atoms with E-state index in [9.17, 15) is 4.79 Å². The summed E-state index contributed by atoms with van der Waals surface area (Å²) in [5, 5.41) is 2.67. The Morgan fingerprint density at radius 2 is 2.26 bits per heavy atom. The van der Waals surface area contributed by atoms with Crippen LogP contribution in [0.1, 0.15) is 5.56 Å². The van der Waals surface area contributed by atoms with Crippen molar-refractivity contribution in [1.29, 1.82) is 0 Å². The number of morpholine rings is 1. The zero-order valence-corrected chi connectivity index (χ0v) is 11.2. The lowest BCUT2D eigenvalue weighted by molar-refractivity contribution is -0.140. The number of nitrogens with one attached hydrogen (secondary N) is 1. The molecule has 1 aromatic rings. The summed E-state index contributed by atoms with van der Waals surface area (Å²) in [7, 11) is 1.55. The first-order valence-electron chi connectivity index (χ1n) is 6.44. The second-order valence-electron chi connectivity index (χ2n) is 4.55. The van der Waals surface area contributed by atoms with Crippen LogP contribution in [0, 0.1) is 0 Å². The lowest BCUT2D eigenvalue weighted by atomic mass is 10.2. The van der Waals surface area contributed by atoms with Gasteiger partial charge in [0.25, 0.3) is 5.91 Å². The van der Waals surface area contributed by atoms with Gasteiger partial charge in [-0.05, 0) is 5.56 Å². The van der Waals surface area contributed by atoms with E-state index in [0.29, 0.717) is 13.2 Å². The maximum absolute atomic E-state index is 11.8. The second-order valence-corrected chi connectivity index (χ2v) is 4.55. The number of amides is 1. The molecule has 19 heavy (non-hydrogen) atoms. The predicted octanol–water partition coefficient (Wildman–Crippen LogP) is 0.607. The molecule has 0 bridgehead atoms. The molecule has 5 nitrogen and oxygen atoms in total. The van der Waals surface area contributed by atoms with E-state index in [-0.39, 0.29) is 12.6 Å². The minimum absolute atomic E-state index is 0.111. The predicted molar refractivity (Wildman–Crippen MR) is 71.5 cm³/mol. The van der Waals surface area contributed by atoms with E-state index in [1.807, 2.05) is 18.2 Å². The first-order chi connectivity index (χ1) is 9.29.